The van der Waals surface area contributed by atoms with Crippen LogP contribution in [0.5, 0.6) is 0 Å². The first-order valence-electron chi connectivity index (χ1n) is 8.35. The second-order valence-electron chi connectivity index (χ2n) is 6.20. The first-order chi connectivity index (χ1) is 13.0. The lowest BCUT2D eigenvalue weighted by Crippen LogP contribution is -2.35. The van der Waals surface area contributed by atoms with Crippen LogP contribution in [0, 0.1) is 5.92 Å². The highest BCUT2D eigenvalue weighted by Crippen LogP contribution is 2.23. The number of hydrogen-bond donors (Lipinski definition) is 2. The van der Waals surface area contributed by atoms with Crippen LogP contribution in [-0.2, 0) is 6.54 Å². The number of anilines is 1. The van der Waals surface area contributed by atoms with Crippen LogP contribution in [0.2, 0.25) is 5.15 Å². The second kappa shape index (κ2) is 8.21. The number of carbonyl (C=O) groups excluding carboxylic acids is 1. The largest absolute Gasteiger partial charge is 0.465 e. The molecule has 0 saturated carbocycles. The maximum Gasteiger partial charge on any atom is 0.407 e. The highest BCUT2D eigenvalue weighted by Gasteiger charge is 2.28. The minimum Gasteiger partial charge on any atom is -0.465 e. The van der Waals surface area contributed by atoms with Gasteiger partial charge in [-0.2, -0.15) is 0 Å². The van der Waals surface area contributed by atoms with Crippen LogP contribution in [0.3, 0.4) is 0 Å². The molecule has 144 valence electrons. The lowest BCUT2D eigenvalue weighted by Gasteiger charge is -2.22. The Morgan fingerprint density at radius 2 is 2.33 bits per heavy atom. The first kappa shape index (κ1) is 18.9. The van der Waals surface area contributed by atoms with Crippen LogP contribution < -0.4 is 10.2 Å². The fraction of sp³-hybridized carbons (Fsp3) is 0.438. The van der Waals surface area contributed by atoms with Crippen LogP contribution in [0.25, 0.3) is 0 Å². The summed E-state index contributed by atoms with van der Waals surface area (Å²) >= 11 is 5.90. The molecule has 0 spiro atoms. The predicted octanol–water partition coefficient (Wildman–Crippen LogP) is 1.48. The highest BCUT2D eigenvalue weighted by molar-refractivity contribution is 6.29. The van der Waals surface area contributed by atoms with Gasteiger partial charge in [-0.1, -0.05) is 16.8 Å². The number of hydrogen-bond acceptors (Lipinski definition) is 7. The summed E-state index contributed by atoms with van der Waals surface area (Å²) in [6.07, 6.45) is 1.33. The van der Waals surface area contributed by atoms with E-state index in [-0.39, 0.29) is 24.1 Å². The van der Waals surface area contributed by atoms with Gasteiger partial charge in [0.15, 0.2) is 11.5 Å². The van der Waals surface area contributed by atoms with Gasteiger partial charge < -0.3 is 24.7 Å². The molecule has 11 heteroatoms. The molecular formula is C16H19ClN6O4. The molecule has 2 aromatic rings. The molecule has 10 nitrogen and oxygen atoms in total. The van der Waals surface area contributed by atoms with Crippen molar-refractivity contribution in [3.8, 4) is 0 Å². The van der Waals surface area contributed by atoms with Crippen molar-refractivity contribution in [2.75, 3.05) is 31.6 Å². The van der Waals surface area contributed by atoms with E-state index in [1.807, 2.05) is 4.90 Å². The molecule has 1 unspecified atom stereocenters. The Morgan fingerprint density at radius 3 is 3.04 bits per heavy atom. The van der Waals surface area contributed by atoms with Gasteiger partial charge in [-0.15, -0.1) is 0 Å². The lowest BCUT2D eigenvalue weighted by atomic mass is 10.1. The van der Waals surface area contributed by atoms with E-state index in [2.05, 4.69) is 20.4 Å². The molecule has 1 atom stereocenters. The van der Waals surface area contributed by atoms with Crippen molar-refractivity contribution in [2.45, 2.75) is 13.0 Å². The Bertz CT molecular complexity index is 829. The summed E-state index contributed by atoms with van der Waals surface area (Å²) in [5.74, 6) is 0.575. The molecule has 1 aliphatic rings. The molecule has 0 radical (unpaired) electrons. The molecule has 1 saturated heterocycles. The van der Waals surface area contributed by atoms with E-state index in [1.165, 1.54) is 18.0 Å². The fourth-order valence-electron chi connectivity index (χ4n) is 2.98. The third-order valence-corrected chi connectivity index (χ3v) is 4.50. The number of carboxylic acid groups (broad SMARTS) is 1. The molecule has 2 amide bonds. The first-order valence-corrected chi connectivity index (χ1v) is 8.73. The molecule has 0 aliphatic carbocycles. The number of carbonyl (C=O) groups is 2. The monoisotopic (exact) mass is 394 g/mol. The second-order valence-corrected chi connectivity index (χ2v) is 6.59. The molecule has 3 rings (SSSR count). The van der Waals surface area contributed by atoms with E-state index in [0.29, 0.717) is 30.0 Å². The zero-order chi connectivity index (χ0) is 19.4. The number of nitrogens with one attached hydrogen (secondary N) is 1. The van der Waals surface area contributed by atoms with Gasteiger partial charge in [-0.25, -0.2) is 14.8 Å². The molecule has 2 N–H and O–H groups in total. The summed E-state index contributed by atoms with van der Waals surface area (Å²) in [4.78, 5) is 34.8. The zero-order valence-electron chi connectivity index (χ0n) is 14.6. The maximum atomic E-state index is 11.6. The minimum absolute atomic E-state index is 0.0174. The van der Waals surface area contributed by atoms with Gasteiger partial charge in [0, 0.05) is 38.9 Å². The van der Waals surface area contributed by atoms with Crippen molar-refractivity contribution in [3.63, 3.8) is 0 Å². The summed E-state index contributed by atoms with van der Waals surface area (Å²) in [5.41, 5.74) is 0.114. The number of rotatable bonds is 6. The average molecular weight is 395 g/mol. The molecule has 27 heavy (non-hydrogen) atoms. The Morgan fingerprint density at radius 1 is 1.52 bits per heavy atom. The Balaban J connectivity index is 1.61. The van der Waals surface area contributed by atoms with E-state index in [9.17, 15) is 14.7 Å². The Hall–Kier alpha value is -2.88. The van der Waals surface area contributed by atoms with Crippen molar-refractivity contribution < 1.29 is 19.2 Å². The van der Waals surface area contributed by atoms with E-state index in [0.717, 1.165) is 13.0 Å². The van der Waals surface area contributed by atoms with Gasteiger partial charge in [0.25, 0.3) is 5.91 Å². The van der Waals surface area contributed by atoms with Crippen LogP contribution >= 0.6 is 11.6 Å². The standard InChI is InChI=1S/C16H19ClN6O4/c1-18-14(24)12-6-11(27-21-12)9-23(16(25)26)8-10-3-5-22(7-10)15-19-4-2-13(17)20-15/h2,4,6,10H,3,5,7-9H2,1H3,(H,18,24)(H,25,26). The normalized spacial score (nSPS) is 16.4. The topological polar surface area (TPSA) is 125 Å². The molecule has 0 bridgehead atoms. The van der Waals surface area contributed by atoms with Gasteiger partial charge in [0.1, 0.15) is 5.15 Å². The van der Waals surface area contributed by atoms with Crippen LogP contribution in [-0.4, -0.2) is 63.8 Å². The third kappa shape index (κ3) is 4.64. The lowest BCUT2D eigenvalue weighted by molar-refractivity contribution is 0.0953. The smallest absolute Gasteiger partial charge is 0.407 e. The summed E-state index contributed by atoms with van der Waals surface area (Å²) in [7, 11) is 1.48. The van der Waals surface area contributed by atoms with Crippen LogP contribution in [0.4, 0.5) is 10.7 Å². The number of halogens is 1. The SMILES string of the molecule is CNC(=O)c1cc(CN(CC2CCN(c3nccc(Cl)n3)C2)C(=O)O)on1. The number of aromatic nitrogens is 3. The van der Waals surface area contributed by atoms with Crippen molar-refractivity contribution in [3.05, 3.63) is 34.9 Å². The number of amides is 2. The van der Waals surface area contributed by atoms with Gasteiger partial charge in [-0.3, -0.25) is 4.79 Å². The van der Waals surface area contributed by atoms with Gasteiger partial charge in [0.2, 0.25) is 5.95 Å². The van der Waals surface area contributed by atoms with Gasteiger partial charge in [-0.05, 0) is 18.4 Å². The van der Waals surface area contributed by atoms with Gasteiger partial charge in [0.05, 0.1) is 6.54 Å². The summed E-state index contributed by atoms with van der Waals surface area (Å²) < 4.78 is 5.08. The molecule has 3 heterocycles. The summed E-state index contributed by atoms with van der Waals surface area (Å²) in [5, 5.41) is 16.0. The quantitative estimate of drug-likeness (QED) is 0.706. The van der Waals surface area contributed by atoms with Crippen molar-refractivity contribution in [1.29, 1.82) is 0 Å². The minimum atomic E-state index is -1.06. The predicted molar refractivity (Wildman–Crippen MR) is 95.7 cm³/mol. The van der Waals surface area contributed by atoms with Crippen LogP contribution in [0.15, 0.2) is 22.9 Å². The van der Waals surface area contributed by atoms with E-state index in [1.54, 1.807) is 12.3 Å². The van der Waals surface area contributed by atoms with E-state index < -0.39 is 6.09 Å². The van der Waals surface area contributed by atoms with Crippen LogP contribution in [0.1, 0.15) is 22.7 Å². The Labute approximate surface area is 160 Å². The van der Waals surface area contributed by atoms with Crippen molar-refractivity contribution >= 4 is 29.5 Å². The molecular weight excluding hydrogens is 376 g/mol. The average Bonchev–Trinajstić information content (AvgIpc) is 3.30. The molecule has 0 aromatic carbocycles. The van der Waals surface area contributed by atoms with Crippen molar-refractivity contribution in [1.82, 2.24) is 25.3 Å². The fourth-order valence-corrected chi connectivity index (χ4v) is 3.11. The zero-order valence-corrected chi connectivity index (χ0v) is 15.4. The van der Waals surface area contributed by atoms with E-state index in [4.69, 9.17) is 16.1 Å². The van der Waals surface area contributed by atoms with Gasteiger partial charge >= 0.3 is 6.09 Å². The maximum absolute atomic E-state index is 11.6. The summed E-state index contributed by atoms with van der Waals surface area (Å²) in [6.45, 7) is 1.69. The number of nitrogens with zero attached hydrogens (tertiary/aromatic N) is 5. The summed E-state index contributed by atoms with van der Waals surface area (Å²) in [6, 6.07) is 3.05. The van der Waals surface area contributed by atoms with Crippen molar-refractivity contribution in [2.24, 2.45) is 5.92 Å². The molecule has 2 aromatic heterocycles. The molecule has 1 aliphatic heterocycles. The van der Waals surface area contributed by atoms with E-state index >= 15 is 0 Å². The highest BCUT2D eigenvalue weighted by atomic mass is 35.5. The third-order valence-electron chi connectivity index (χ3n) is 4.29. The Kier molecular flexibility index (Phi) is 5.75. The molecule has 1 fully saturated rings.